The molecular formula is C18H25N3O2. The minimum atomic E-state index is -0.644. The van der Waals surface area contributed by atoms with Gasteiger partial charge in [0.2, 0.25) is 0 Å². The van der Waals surface area contributed by atoms with Crippen molar-refractivity contribution in [3.05, 3.63) is 29.8 Å². The van der Waals surface area contributed by atoms with Crippen LogP contribution in [0.25, 0.3) is 0 Å². The predicted octanol–water partition coefficient (Wildman–Crippen LogP) is 2.67. The fraction of sp³-hybridized carbons (Fsp3) is 0.556. The molecule has 5 nitrogen and oxygen atoms in total. The van der Waals surface area contributed by atoms with Crippen LogP contribution < -0.4 is 4.90 Å². The number of nitrogens with zero attached hydrogens (tertiary/aromatic N) is 3. The summed E-state index contributed by atoms with van der Waals surface area (Å²) in [7, 11) is 3.33. The number of piperidine rings is 1. The Labute approximate surface area is 137 Å². The Hall–Kier alpha value is -2.04. The zero-order valence-corrected chi connectivity index (χ0v) is 14.4. The molecule has 2 heterocycles. The Morgan fingerprint density at radius 2 is 1.65 bits per heavy atom. The van der Waals surface area contributed by atoms with Crippen LogP contribution >= 0.6 is 0 Å². The average molecular weight is 315 g/mol. The van der Waals surface area contributed by atoms with Crippen molar-refractivity contribution in [2.24, 2.45) is 0 Å². The quantitative estimate of drug-likeness (QED) is 0.788. The van der Waals surface area contributed by atoms with Crippen molar-refractivity contribution in [3.8, 4) is 0 Å². The summed E-state index contributed by atoms with van der Waals surface area (Å²) in [6.07, 6.45) is 1.37. The van der Waals surface area contributed by atoms with Crippen LogP contribution in [0, 0.1) is 0 Å². The first-order valence-corrected chi connectivity index (χ1v) is 8.28. The Balaban J connectivity index is 1.82. The zero-order valence-electron chi connectivity index (χ0n) is 14.4. The summed E-state index contributed by atoms with van der Waals surface area (Å²) >= 11 is 0. The number of hydrogen-bond donors (Lipinski definition) is 0. The van der Waals surface area contributed by atoms with E-state index in [-0.39, 0.29) is 11.9 Å². The number of likely N-dealkylation sites (N-methyl/N-ethyl adjacent to an activating group) is 2. The molecule has 0 radical (unpaired) electrons. The monoisotopic (exact) mass is 315 g/mol. The molecule has 2 saturated heterocycles. The molecule has 124 valence electrons. The van der Waals surface area contributed by atoms with E-state index >= 15 is 0 Å². The van der Waals surface area contributed by atoms with E-state index in [1.54, 1.807) is 19.0 Å². The first-order chi connectivity index (χ1) is 10.9. The molecule has 0 bridgehead atoms. The second-order valence-electron chi connectivity index (χ2n) is 6.94. The van der Waals surface area contributed by atoms with Crippen LogP contribution in [0.15, 0.2) is 24.3 Å². The summed E-state index contributed by atoms with van der Waals surface area (Å²) < 4.78 is 0. The van der Waals surface area contributed by atoms with Crippen molar-refractivity contribution >= 4 is 17.6 Å². The van der Waals surface area contributed by atoms with Gasteiger partial charge in [-0.25, -0.2) is 4.79 Å². The molecule has 0 unspecified atom stereocenters. The van der Waals surface area contributed by atoms with Gasteiger partial charge in [-0.15, -0.1) is 0 Å². The van der Waals surface area contributed by atoms with Gasteiger partial charge in [-0.05, 0) is 30.4 Å². The Bertz CT molecular complexity index is 633. The van der Waals surface area contributed by atoms with Gasteiger partial charge >= 0.3 is 6.03 Å². The maximum atomic E-state index is 12.6. The first kappa shape index (κ1) is 15.8. The van der Waals surface area contributed by atoms with E-state index in [4.69, 9.17) is 0 Å². The number of carbonyl (C=O) groups excluding carboxylic acids is 2. The maximum Gasteiger partial charge on any atom is 0.327 e. The summed E-state index contributed by atoms with van der Waals surface area (Å²) in [6, 6.07) is 8.28. The normalized spacial score (nSPS) is 21.0. The minimum absolute atomic E-state index is 0.0539. The fourth-order valence-corrected chi connectivity index (χ4v) is 3.88. The van der Waals surface area contributed by atoms with Gasteiger partial charge < -0.3 is 9.80 Å². The lowest BCUT2D eigenvalue weighted by Gasteiger charge is -2.42. The number of anilines is 1. The highest BCUT2D eigenvalue weighted by molar-refractivity contribution is 6.06. The molecule has 0 N–H and O–H groups in total. The summed E-state index contributed by atoms with van der Waals surface area (Å²) in [5.41, 5.74) is 1.95. The molecule has 2 fully saturated rings. The highest BCUT2D eigenvalue weighted by atomic mass is 16.2. The first-order valence-electron chi connectivity index (χ1n) is 8.28. The molecule has 1 aromatic rings. The summed E-state index contributed by atoms with van der Waals surface area (Å²) in [4.78, 5) is 29.9. The number of amides is 3. The molecule has 1 aromatic carbocycles. The topological polar surface area (TPSA) is 43.9 Å². The SMILES string of the molecule is CC(C)c1ccccc1N1CCC2(CC1)C(=O)N(C)C(=O)N2C. The molecule has 23 heavy (non-hydrogen) atoms. The van der Waals surface area contributed by atoms with E-state index in [2.05, 4.69) is 43.0 Å². The van der Waals surface area contributed by atoms with Crippen LogP contribution in [0.3, 0.4) is 0 Å². The second kappa shape index (κ2) is 5.55. The van der Waals surface area contributed by atoms with Gasteiger partial charge in [-0.2, -0.15) is 0 Å². The average Bonchev–Trinajstić information content (AvgIpc) is 2.72. The molecule has 2 aliphatic rings. The number of imide groups is 1. The number of para-hydroxylation sites is 1. The summed E-state index contributed by atoms with van der Waals surface area (Å²) in [5.74, 6) is 0.410. The van der Waals surface area contributed by atoms with Crippen molar-refractivity contribution in [2.75, 3.05) is 32.1 Å². The molecular weight excluding hydrogens is 290 g/mol. The number of rotatable bonds is 2. The van der Waals surface area contributed by atoms with Crippen molar-refractivity contribution in [1.82, 2.24) is 9.80 Å². The van der Waals surface area contributed by atoms with Crippen LogP contribution in [-0.4, -0.2) is 54.5 Å². The van der Waals surface area contributed by atoms with Gasteiger partial charge in [0.15, 0.2) is 0 Å². The van der Waals surface area contributed by atoms with Gasteiger partial charge in [0.05, 0.1) is 0 Å². The van der Waals surface area contributed by atoms with E-state index < -0.39 is 5.54 Å². The smallest absolute Gasteiger partial charge is 0.327 e. The molecule has 0 saturated carbocycles. The largest absolute Gasteiger partial charge is 0.371 e. The van der Waals surface area contributed by atoms with Gasteiger partial charge in [-0.3, -0.25) is 9.69 Å². The van der Waals surface area contributed by atoms with E-state index in [0.717, 1.165) is 13.1 Å². The molecule has 3 rings (SSSR count). The molecule has 5 heteroatoms. The highest BCUT2D eigenvalue weighted by Gasteiger charge is 2.55. The van der Waals surface area contributed by atoms with Crippen LogP contribution in [0.5, 0.6) is 0 Å². The summed E-state index contributed by atoms with van der Waals surface area (Å²) in [6.45, 7) is 5.99. The molecule has 0 aromatic heterocycles. The number of benzene rings is 1. The molecule has 1 spiro atoms. The van der Waals surface area contributed by atoms with Crippen molar-refractivity contribution in [3.63, 3.8) is 0 Å². The van der Waals surface area contributed by atoms with Crippen molar-refractivity contribution in [2.45, 2.75) is 38.1 Å². The van der Waals surface area contributed by atoms with Gasteiger partial charge in [-0.1, -0.05) is 32.0 Å². The molecule has 2 aliphatic heterocycles. The van der Waals surface area contributed by atoms with Gasteiger partial charge in [0.1, 0.15) is 5.54 Å². The number of urea groups is 1. The van der Waals surface area contributed by atoms with E-state index in [1.165, 1.54) is 16.2 Å². The van der Waals surface area contributed by atoms with Gasteiger partial charge in [0, 0.05) is 32.9 Å². The number of carbonyl (C=O) groups is 2. The standard InChI is InChI=1S/C18H25N3O2/c1-13(2)14-7-5-6-8-15(14)21-11-9-18(10-12-21)16(22)19(3)17(23)20(18)4/h5-8,13H,9-12H2,1-4H3. The zero-order chi connectivity index (χ0) is 16.8. The fourth-order valence-electron chi connectivity index (χ4n) is 3.88. The maximum absolute atomic E-state index is 12.6. The lowest BCUT2D eigenvalue weighted by molar-refractivity contribution is -0.133. The molecule has 0 atom stereocenters. The summed E-state index contributed by atoms with van der Waals surface area (Å²) in [5, 5.41) is 0. The van der Waals surface area contributed by atoms with Crippen molar-refractivity contribution in [1.29, 1.82) is 0 Å². The van der Waals surface area contributed by atoms with Crippen molar-refractivity contribution < 1.29 is 9.59 Å². The number of hydrogen-bond acceptors (Lipinski definition) is 3. The van der Waals surface area contributed by atoms with E-state index in [0.29, 0.717) is 18.8 Å². The van der Waals surface area contributed by atoms with E-state index in [1.807, 2.05) is 0 Å². The third-order valence-electron chi connectivity index (χ3n) is 5.41. The third-order valence-corrected chi connectivity index (χ3v) is 5.41. The van der Waals surface area contributed by atoms with Gasteiger partial charge in [0.25, 0.3) is 5.91 Å². The lowest BCUT2D eigenvalue weighted by atomic mass is 9.85. The third kappa shape index (κ3) is 2.30. The Kier molecular flexibility index (Phi) is 3.82. The molecule has 3 amide bonds. The van der Waals surface area contributed by atoms with Crippen LogP contribution in [0.1, 0.15) is 38.2 Å². The Morgan fingerprint density at radius 1 is 1.04 bits per heavy atom. The molecule has 0 aliphatic carbocycles. The predicted molar refractivity (Wildman–Crippen MR) is 90.6 cm³/mol. The second-order valence-corrected chi connectivity index (χ2v) is 6.94. The minimum Gasteiger partial charge on any atom is -0.371 e. The van der Waals surface area contributed by atoms with Crippen LogP contribution in [0.2, 0.25) is 0 Å². The Morgan fingerprint density at radius 3 is 2.17 bits per heavy atom. The van der Waals surface area contributed by atoms with E-state index in [9.17, 15) is 9.59 Å². The highest BCUT2D eigenvalue weighted by Crippen LogP contribution is 2.38. The van der Waals surface area contributed by atoms with Crippen LogP contribution in [0.4, 0.5) is 10.5 Å². The van der Waals surface area contributed by atoms with Crippen LogP contribution in [-0.2, 0) is 4.79 Å². The lowest BCUT2D eigenvalue weighted by Crippen LogP contribution is -2.55.